The van der Waals surface area contributed by atoms with Crippen molar-refractivity contribution in [3.05, 3.63) is 65.7 Å². The van der Waals surface area contributed by atoms with Crippen LogP contribution < -0.4 is 10.1 Å². The number of benzene rings is 2. The molecule has 0 aliphatic rings. The lowest BCUT2D eigenvalue weighted by Gasteiger charge is -2.17. The molecule has 0 aromatic heterocycles. The van der Waals surface area contributed by atoms with Gasteiger partial charge in [0.2, 0.25) is 5.91 Å². The second kappa shape index (κ2) is 11.0. The SMILES string of the molecule is CCOCC(=O)N[C@@H](Cc1ccc(OCc2ccccc2)cc1)C(=O)OC. The molecule has 144 valence electrons. The second-order valence-electron chi connectivity index (χ2n) is 5.90. The molecule has 0 saturated carbocycles. The smallest absolute Gasteiger partial charge is 0.328 e. The van der Waals surface area contributed by atoms with Crippen molar-refractivity contribution in [2.24, 2.45) is 0 Å². The first kappa shape index (κ1) is 20.5. The van der Waals surface area contributed by atoms with Gasteiger partial charge in [0.1, 0.15) is 25.0 Å². The molecule has 1 N–H and O–H groups in total. The van der Waals surface area contributed by atoms with E-state index in [-0.39, 0.29) is 12.5 Å². The van der Waals surface area contributed by atoms with Crippen molar-refractivity contribution in [1.29, 1.82) is 0 Å². The van der Waals surface area contributed by atoms with E-state index in [1.807, 2.05) is 54.6 Å². The van der Waals surface area contributed by atoms with E-state index in [9.17, 15) is 9.59 Å². The van der Waals surface area contributed by atoms with Gasteiger partial charge in [0.15, 0.2) is 0 Å². The molecule has 2 rings (SSSR count). The van der Waals surface area contributed by atoms with Crippen molar-refractivity contribution in [3.63, 3.8) is 0 Å². The van der Waals surface area contributed by atoms with Gasteiger partial charge in [0, 0.05) is 13.0 Å². The molecule has 1 atom stereocenters. The highest BCUT2D eigenvalue weighted by Gasteiger charge is 2.22. The molecule has 2 aromatic carbocycles. The van der Waals surface area contributed by atoms with Gasteiger partial charge in [-0.15, -0.1) is 0 Å². The van der Waals surface area contributed by atoms with E-state index in [1.165, 1.54) is 7.11 Å². The van der Waals surface area contributed by atoms with Gasteiger partial charge < -0.3 is 19.5 Å². The number of esters is 1. The van der Waals surface area contributed by atoms with Crippen LogP contribution in [0.2, 0.25) is 0 Å². The fourth-order valence-corrected chi connectivity index (χ4v) is 2.46. The molecule has 0 radical (unpaired) electrons. The molecule has 2 aromatic rings. The Morgan fingerprint density at radius 1 is 1.00 bits per heavy atom. The van der Waals surface area contributed by atoms with E-state index >= 15 is 0 Å². The molecule has 0 saturated heterocycles. The quantitative estimate of drug-likeness (QED) is 0.650. The summed E-state index contributed by atoms with van der Waals surface area (Å²) in [6, 6.07) is 16.5. The molecule has 27 heavy (non-hydrogen) atoms. The molecule has 0 unspecified atom stereocenters. The van der Waals surface area contributed by atoms with Gasteiger partial charge in [0.25, 0.3) is 0 Å². The summed E-state index contributed by atoms with van der Waals surface area (Å²) in [5.41, 5.74) is 1.97. The van der Waals surface area contributed by atoms with Gasteiger partial charge in [0.05, 0.1) is 7.11 Å². The maximum absolute atomic E-state index is 11.9. The second-order valence-corrected chi connectivity index (χ2v) is 5.90. The Morgan fingerprint density at radius 3 is 2.33 bits per heavy atom. The molecule has 0 bridgehead atoms. The van der Waals surface area contributed by atoms with Gasteiger partial charge in [-0.1, -0.05) is 42.5 Å². The fraction of sp³-hybridized carbons (Fsp3) is 0.333. The fourth-order valence-electron chi connectivity index (χ4n) is 2.46. The average molecular weight is 371 g/mol. The molecule has 0 heterocycles. The number of carbonyl (C=O) groups excluding carboxylic acids is 2. The molecule has 0 aliphatic heterocycles. The zero-order chi connectivity index (χ0) is 19.5. The van der Waals surface area contributed by atoms with Gasteiger partial charge in [-0.3, -0.25) is 4.79 Å². The minimum absolute atomic E-state index is 0.0870. The highest BCUT2D eigenvalue weighted by Crippen LogP contribution is 2.15. The minimum Gasteiger partial charge on any atom is -0.489 e. The molecule has 6 nitrogen and oxygen atoms in total. The van der Waals surface area contributed by atoms with Crippen LogP contribution >= 0.6 is 0 Å². The molecule has 1 amide bonds. The van der Waals surface area contributed by atoms with Gasteiger partial charge in [-0.05, 0) is 30.2 Å². The maximum atomic E-state index is 11.9. The Balaban J connectivity index is 1.92. The first-order chi connectivity index (χ1) is 13.1. The van der Waals surface area contributed by atoms with E-state index in [0.717, 1.165) is 16.9 Å². The van der Waals surface area contributed by atoms with Crippen LogP contribution in [-0.4, -0.2) is 38.2 Å². The number of methoxy groups -OCH3 is 1. The molecular weight excluding hydrogens is 346 g/mol. The van der Waals surface area contributed by atoms with Crippen LogP contribution in [0.25, 0.3) is 0 Å². The molecule has 6 heteroatoms. The Kier molecular flexibility index (Phi) is 8.32. The van der Waals surface area contributed by atoms with Crippen LogP contribution in [0.4, 0.5) is 0 Å². The lowest BCUT2D eigenvalue weighted by Crippen LogP contribution is -2.44. The normalized spacial score (nSPS) is 11.5. The van der Waals surface area contributed by atoms with Crippen molar-refractivity contribution >= 4 is 11.9 Å². The zero-order valence-electron chi connectivity index (χ0n) is 15.6. The summed E-state index contributed by atoms with van der Waals surface area (Å²) in [6.07, 6.45) is 0.323. The van der Waals surface area contributed by atoms with E-state index in [0.29, 0.717) is 19.6 Å². The Bertz CT molecular complexity index is 715. The number of carbonyl (C=O) groups is 2. The number of rotatable bonds is 10. The van der Waals surface area contributed by atoms with Crippen LogP contribution in [0, 0.1) is 0 Å². The van der Waals surface area contributed by atoms with Crippen molar-refractivity contribution in [3.8, 4) is 5.75 Å². The third kappa shape index (κ3) is 7.11. The summed E-state index contributed by atoms with van der Waals surface area (Å²) in [7, 11) is 1.30. The topological polar surface area (TPSA) is 73.9 Å². The lowest BCUT2D eigenvalue weighted by atomic mass is 10.1. The minimum atomic E-state index is -0.765. The highest BCUT2D eigenvalue weighted by molar-refractivity contribution is 5.85. The molecule has 0 spiro atoms. The van der Waals surface area contributed by atoms with Crippen molar-refractivity contribution < 1.29 is 23.8 Å². The van der Waals surface area contributed by atoms with E-state index in [2.05, 4.69) is 5.32 Å². The third-order valence-electron chi connectivity index (χ3n) is 3.87. The average Bonchev–Trinajstić information content (AvgIpc) is 2.71. The lowest BCUT2D eigenvalue weighted by molar-refractivity contribution is -0.145. The number of amides is 1. The predicted octanol–water partition coefficient (Wildman–Crippen LogP) is 2.50. The van der Waals surface area contributed by atoms with Crippen LogP contribution in [-0.2, 0) is 32.1 Å². The van der Waals surface area contributed by atoms with Crippen LogP contribution in [0.3, 0.4) is 0 Å². The van der Waals surface area contributed by atoms with Crippen LogP contribution in [0.1, 0.15) is 18.1 Å². The van der Waals surface area contributed by atoms with E-state index in [1.54, 1.807) is 6.92 Å². The van der Waals surface area contributed by atoms with E-state index in [4.69, 9.17) is 14.2 Å². The molecular formula is C21H25NO5. The Hall–Kier alpha value is -2.86. The number of nitrogens with one attached hydrogen (secondary N) is 1. The summed E-state index contributed by atoms with van der Waals surface area (Å²) in [4.78, 5) is 23.8. The molecule has 0 fully saturated rings. The first-order valence-electron chi connectivity index (χ1n) is 8.83. The standard InChI is InChI=1S/C21H25NO5/c1-3-26-15-20(23)22-19(21(24)25-2)13-16-9-11-18(12-10-16)27-14-17-7-5-4-6-8-17/h4-12,19H,3,13-15H2,1-2H3,(H,22,23)/t19-/m0/s1. The summed E-state index contributed by atoms with van der Waals surface area (Å²) >= 11 is 0. The maximum Gasteiger partial charge on any atom is 0.328 e. The molecule has 0 aliphatic carbocycles. The predicted molar refractivity (Wildman–Crippen MR) is 101 cm³/mol. The van der Waals surface area contributed by atoms with E-state index < -0.39 is 12.0 Å². The van der Waals surface area contributed by atoms with Crippen molar-refractivity contribution in [2.45, 2.75) is 26.0 Å². The zero-order valence-corrected chi connectivity index (χ0v) is 15.6. The highest BCUT2D eigenvalue weighted by atomic mass is 16.5. The Labute approximate surface area is 159 Å². The largest absolute Gasteiger partial charge is 0.489 e. The first-order valence-corrected chi connectivity index (χ1v) is 8.83. The summed E-state index contributed by atoms with van der Waals surface area (Å²) < 4.78 is 15.6. The number of hydrogen-bond acceptors (Lipinski definition) is 5. The summed E-state index contributed by atoms with van der Waals surface area (Å²) in [6.45, 7) is 2.63. The van der Waals surface area contributed by atoms with Crippen LogP contribution in [0.5, 0.6) is 5.75 Å². The van der Waals surface area contributed by atoms with Gasteiger partial charge in [-0.25, -0.2) is 4.79 Å². The number of hydrogen-bond donors (Lipinski definition) is 1. The van der Waals surface area contributed by atoms with Crippen LogP contribution in [0.15, 0.2) is 54.6 Å². The number of ether oxygens (including phenoxy) is 3. The summed E-state index contributed by atoms with van der Waals surface area (Å²) in [5.74, 6) is -0.114. The van der Waals surface area contributed by atoms with Gasteiger partial charge >= 0.3 is 5.97 Å². The van der Waals surface area contributed by atoms with Crippen molar-refractivity contribution in [2.75, 3.05) is 20.3 Å². The monoisotopic (exact) mass is 371 g/mol. The van der Waals surface area contributed by atoms with Crippen molar-refractivity contribution in [1.82, 2.24) is 5.32 Å². The third-order valence-corrected chi connectivity index (χ3v) is 3.87. The Morgan fingerprint density at radius 2 is 1.70 bits per heavy atom. The summed E-state index contributed by atoms with van der Waals surface area (Å²) in [5, 5.41) is 2.64. The van der Waals surface area contributed by atoms with Gasteiger partial charge in [-0.2, -0.15) is 0 Å².